The number of amides is 1. The highest BCUT2D eigenvalue weighted by molar-refractivity contribution is 7.99. The van der Waals surface area contributed by atoms with Crippen molar-refractivity contribution in [2.45, 2.75) is 57.3 Å². The number of nitrogens with one attached hydrogen (secondary N) is 1. The van der Waals surface area contributed by atoms with Gasteiger partial charge in [-0.3, -0.25) is 9.36 Å². The molecule has 134 valence electrons. The summed E-state index contributed by atoms with van der Waals surface area (Å²) in [6.45, 7) is 5.15. The minimum absolute atomic E-state index is 0.128. The van der Waals surface area contributed by atoms with Crippen molar-refractivity contribution < 1.29 is 14.3 Å². The molecule has 1 aliphatic heterocycles. The summed E-state index contributed by atoms with van der Waals surface area (Å²) in [5, 5.41) is 6.87. The Kier molecular flexibility index (Phi) is 6.89. The Morgan fingerprint density at radius 1 is 1.38 bits per heavy atom. The van der Waals surface area contributed by atoms with Crippen molar-refractivity contribution in [1.29, 1.82) is 0 Å². The van der Waals surface area contributed by atoms with E-state index in [2.05, 4.69) is 10.2 Å². The van der Waals surface area contributed by atoms with Crippen LogP contribution in [0.4, 0.5) is 0 Å². The van der Waals surface area contributed by atoms with Gasteiger partial charge in [-0.05, 0) is 32.6 Å². The number of esters is 1. The maximum Gasteiger partial charge on any atom is 0.343 e. The SMILES string of the molecule is CCCn1c(SCC(=O)N2CCCC[C@@H]2C(=O)OCC)n[nH]c1=O. The zero-order valence-electron chi connectivity index (χ0n) is 14.1. The Hall–Kier alpha value is -1.77. The average molecular weight is 356 g/mol. The van der Waals surface area contributed by atoms with E-state index in [1.165, 1.54) is 16.3 Å². The van der Waals surface area contributed by atoms with Gasteiger partial charge in [0.1, 0.15) is 6.04 Å². The molecule has 0 aromatic carbocycles. The van der Waals surface area contributed by atoms with Gasteiger partial charge in [-0.2, -0.15) is 0 Å². The van der Waals surface area contributed by atoms with Gasteiger partial charge in [-0.15, -0.1) is 5.10 Å². The number of ether oxygens (including phenoxy) is 1. The molecule has 1 aliphatic rings. The third-order valence-electron chi connectivity index (χ3n) is 3.88. The molecular weight excluding hydrogens is 332 g/mol. The molecule has 1 N–H and O–H groups in total. The van der Waals surface area contributed by atoms with Crippen LogP contribution in [0.15, 0.2) is 9.95 Å². The second kappa shape index (κ2) is 8.91. The van der Waals surface area contributed by atoms with Gasteiger partial charge in [0.05, 0.1) is 12.4 Å². The van der Waals surface area contributed by atoms with Crippen molar-refractivity contribution in [3.63, 3.8) is 0 Å². The van der Waals surface area contributed by atoms with Gasteiger partial charge < -0.3 is 9.64 Å². The summed E-state index contributed by atoms with van der Waals surface area (Å²) >= 11 is 1.21. The molecule has 0 aliphatic carbocycles. The van der Waals surface area contributed by atoms with E-state index >= 15 is 0 Å². The van der Waals surface area contributed by atoms with E-state index < -0.39 is 6.04 Å². The van der Waals surface area contributed by atoms with Gasteiger partial charge in [0.2, 0.25) is 5.91 Å². The zero-order chi connectivity index (χ0) is 17.5. The molecule has 24 heavy (non-hydrogen) atoms. The van der Waals surface area contributed by atoms with Crippen LogP contribution in [0.25, 0.3) is 0 Å². The normalized spacial score (nSPS) is 17.8. The molecule has 1 aromatic rings. The van der Waals surface area contributed by atoms with Crippen LogP contribution in [0.5, 0.6) is 0 Å². The fourth-order valence-electron chi connectivity index (χ4n) is 2.76. The molecule has 0 unspecified atom stereocenters. The van der Waals surface area contributed by atoms with Crippen LogP contribution < -0.4 is 5.69 Å². The molecule has 1 amide bonds. The van der Waals surface area contributed by atoms with Crippen LogP contribution >= 0.6 is 11.8 Å². The topological polar surface area (TPSA) is 97.3 Å². The molecule has 0 saturated carbocycles. The summed E-state index contributed by atoms with van der Waals surface area (Å²) in [7, 11) is 0. The van der Waals surface area contributed by atoms with E-state index in [-0.39, 0.29) is 23.3 Å². The van der Waals surface area contributed by atoms with Crippen molar-refractivity contribution in [1.82, 2.24) is 19.7 Å². The summed E-state index contributed by atoms with van der Waals surface area (Å²) in [4.78, 5) is 37.8. The van der Waals surface area contributed by atoms with Gasteiger partial charge >= 0.3 is 11.7 Å². The highest BCUT2D eigenvalue weighted by atomic mass is 32.2. The minimum atomic E-state index is -0.496. The number of thioether (sulfide) groups is 1. The summed E-state index contributed by atoms with van der Waals surface area (Å²) in [6, 6.07) is -0.496. The van der Waals surface area contributed by atoms with Gasteiger partial charge in [0.25, 0.3) is 0 Å². The van der Waals surface area contributed by atoms with Crippen molar-refractivity contribution in [3.05, 3.63) is 10.5 Å². The lowest BCUT2D eigenvalue weighted by Crippen LogP contribution is -2.49. The Morgan fingerprint density at radius 3 is 2.88 bits per heavy atom. The predicted octanol–water partition coefficient (Wildman–Crippen LogP) is 1.02. The maximum atomic E-state index is 12.5. The van der Waals surface area contributed by atoms with E-state index in [1.54, 1.807) is 11.8 Å². The number of carbonyl (C=O) groups excluding carboxylic acids is 2. The lowest BCUT2D eigenvalue weighted by molar-refractivity contribution is -0.155. The van der Waals surface area contributed by atoms with E-state index in [9.17, 15) is 14.4 Å². The molecule has 1 fully saturated rings. The quantitative estimate of drug-likeness (QED) is 0.579. The second-order valence-corrected chi connectivity index (χ2v) is 6.54. The molecule has 2 rings (SSSR count). The molecule has 9 heteroatoms. The fraction of sp³-hybridized carbons (Fsp3) is 0.733. The van der Waals surface area contributed by atoms with Gasteiger partial charge in [-0.1, -0.05) is 18.7 Å². The summed E-state index contributed by atoms with van der Waals surface area (Å²) < 4.78 is 6.60. The van der Waals surface area contributed by atoms with Gasteiger partial charge in [-0.25, -0.2) is 14.7 Å². The number of H-pyrrole nitrogens is 1. The second-order valence-electron chi connectivity index (χ2n) is 5.60. The first-order valence-electron chi connectivity index (χ1n) is 8.32. The Bertz CT molecular complexity index is 627. The molecule has 0 spiro atoms. The van der Waals surface area contributed by atoms with Crippen molar-refractivity contribution in [2.75, 3.05) is 18.9 Å². The minimum Gasteiger partial charge on any atom is -0.464 e. The highest BCUT2D eigenvalue weighted by Crippen LogP contribution is 2.21. The summed E-state index contributed by atoms with van der Waals surface area (Å²) in [5.41, 5.74) is -0.269. The zero-order valence-corrected chi connectivity index (χ0v) is 14.9. The van der Waals surface area contributed by atoms with Crippen LogP contribution in [0, 0.1) is 0 Å². The predicted molar refractivity (Wildman–Crippen MR) is 89.8 cm³/mol. The molecular formula is C15H24N4O4S. The third-order valence-corrected chi connectivity index (χ3v) is 4.84. The summed E-state index contributed by atoms with van der Waals surface area (Å²) in [6.07, 6.45) is 3.24. The Balaban J connectivity index is 2.00. The lowest BCUT2D eigenvalue weighted by atomic mass is 10.0. The van der Waals surface area contributed by atoms with Gasteiger partial charge in [0, 0.05) is 13.1 Å². The lowest BCUT2D eigenvalue weighted by Gasteiger charge is -2.33. The number of hydrogen-bond acceptors (Lipinski definition) is 6. The highest BCUT2D eigenvalue weighted by Gasteiger charge is 2.33. The van der Waals surface area contributed by atoms with Crippen LogP contribution in [0.3, 0.4) is 0 Å². The molecule has 1 saturated heterocycles. The number of rotatable bonds is 7. The molecule has 0 radical (unpaired) electrons. The third kappa shape index (κ3) is 4.40. The fourth-order valence-corrected chi connectivity index (χ4v) is 3.62. The smallest absolute Gasteiger partial charge is 0.343 e. The number of piperidine rings is 1. The van der Waals surface area contributed by atoms with E-state index in [0.717, 1.165) is 19.3 Å². The van der Waals surface area contributed by atoms with E-state index in [4.69, 9.17) is 4.74 Å². The van der Waals surface area contributed by atoms with Gasteiger partial charge in [0.15, 0.2) is 5.16 Å². The summed E-state index contributed by atoms with van der Waals surface area (Å²) in [5.74, 6) is -0.321. The van der Waals surface area contributed by atoms with Crippen LogP contribution in [-0.2, 0) is 20.9 Å². The average Bonchev–Trinajstić information content (AvgIpc) is 2.93. The molecule has 1 aromatic heterocycles. The Morgan fingerprint density at radius 2 is 2.17 bits per heavy atom. The van der Waals surface area contributed by atoms with Crippen LogP contribution in [0.1, 0.15) is 39.5 Å². The Labute approximate surface area is 144 Å². The van der Waals surface area contributed by atoms with Crippen LogP contribution in [-0.4, -0.2) is 56.5 Å². The molecule has 1 atom stereocenters. The number of nitrogens with zero attached hydrogens (tertiary/aromatic N) is 3. The van der Waals surface area contributed by atoms with E-state index in [1.807, 2.05) is 6.92 Å². The number of aromatic amines is 1. The number of carbonyl (C=O) groups is 2. The number of hydrogen-bond donors (Lipinski definition) is 1. The molecule has 8 nitrogen and oxygen atoms in total. The van der Waals surface area contributed by atoms with Crippen molar-refractivity contribution in [3.8, 4) is 0 Å². The first kappa shape index (κ1) is 18.6. The monoisotopic (exact) mass is 356 g/mol. The van der Waals surface area contributed by atoms with Crippen LogP contribution in [0.2, 0.25) is 0 Å². The largest absolute Gasteiger partial charge is 0.464 e. The number of likely N-dealkylation sites (tertiary alicyclic amines) is 1. The first-order chi connectivity index (χ1) is 11.6. The van der Waals surface area contributed by atoms with Crippen molar-refractivity contribution in [2.24, 2.45) is 0 Å². The molecule has 2 heterocycles. The standard InChI is InChI=1S/C15H24N4O4S/c1-3-8-19-14(22)16-17-15(19)24-10-12(20)18-9-6-5-7-11(18)13(21)23-4-2/h11H,3-10H2,1-2H3,(H,16,22)/t11-/m1/s1. The van der Waals surface area contributed by atoms with Crippen molar-refractivity contribution >= 4 is 23.6 Å². The van der Waals surface area contributed by atoms with E-state index in [0.29, 0.717) is 31.3 Å². The number of aromatic nitrogens is 3. The molecule has 0 bridgehead atoms. The first-order valence-corrected chi connectivity index (χ1v) is 9.31. The maximum absolute atomic E-state index is 12.5.